The van der Waals surface area contributed by atoms with Gasteiger partial charge in [-0.05, 0) is 19.3 Å². The number of rotatable bonds is 9. The first-order valence-corrected chi connectivity index (χ1v) is 12.9. The molecule has 0 amide bonds. The van der Waals surface area contributed by atoms with Crippen molar-refractivity contribution in [2.24, 2.45) is 5.41 Å². The first-order valence-electron chi connectivity index (χ1n) is 7.84. The Balaban J connectivity index is 1.90. The van der Waals surface area contributed by atoms with Gasteiger partial charge in [0, 0.05) is 17.6 Å². The number of hydrogen-bond donors (Lipinski definition) is 0. The standard InChI is InChI=1S/C12H14Cl4O9P2/c13-4-1-10(2-5-14,8-9-20-26(17,19-8)21-9)11(3-6-15)12(7-16)23-27(18,24-12)25-22-11/h1-7H2. The molecule has 154 valence electrons. The van der Waals surface area contributed by atoms with E-state index >= 15 is 0 Å². The van der Waals surface area contributed by atoms with Crippen LogP contribution in [0.3, 0.4) is 0 Å². The zero-order valence-electron chi connectivity index (χ0n) is 13.5. The lowest BCUT2D eigenvalue weighted by atomic mass is 9.61. The molecule has 0 spiro atoms. The third-order valence-electron chi connectivity index (χ3n) is 5.06. The van der Waals surface area contributed by atoms with Crippen LogP contribution in [-0.2, 0) is 41.3 Å². The number of phosphoric acid groups is 2. The van der Waals surface area contributed by atoms with Crippen LogP contribution in [0.4, 0.5) is 0 Å². The molecule has 0 N–H and O–H groups in total. The van der Waals surface area contributed by atoms with Gasteiger partial charge in [-0.2, -0.15) is 4.57 Å². The summed E-state index contributed by atoms with van der Waals surface area (Å²) >= 11 is 24.4. The van der Waals surface area contributed by atoms with Crippen molar-refractivity contribution in [1.82, 2.24) is 0 Å². The Kier molecular flexibility index (Phi) is 5.26. The van der Waals surface area contributed by atoms with Crippen LogP contribution in [0.2, 0.25) is 0 Å². The molecule has 6 aliphatic heterocycles. The second-order valence-corrected chi connectivity index (χ2v) is 10.5. The van der Waals surface area contributed by atoms with Crippen LogP contribution in [0.15, 0.2) is 11.7 Å². The molecule has 1 unspecified atom stereocenters. The van der Waals surface area contributed by atoms with E-state index in [1.54, 1.807) is 0 Å². The highest BCUT2D eigenvalue weighted by atomic mass is 35.5. The van der Waals surface area contributed by atoms with Crippen molar-refractivity contribution in [2.45, 2.75) is 30.7 Å². The van der Waals surface area contributed by atoms with Gasteiger partial charge in [0.25, 0.3) is 0 Å². The van der Waals surface area contributed by atoms with Crippen LogP contribution in [0.1, 0.15) is 19.3 Å². The van der Waals surface area contributed by atoms with Gasteiger partial charge in [0.2, 0.25) is 11.5 Å². The second-order valence-electron chi connectivity index (χ2n) is 6.24. The van der Waals surface area contributed by atoms with Gasteiger partial charge in [0.15, 0.2) is 5.60 Å². The zero-order chi connectivity index (χ0) is 19.6. The summed E-state index contributed by atoms with van der Waals surface area (Å²) in [5, 5.41) is 0. The van der Waals surface area contributed by atoms with Crippen LogP contribution >= 0.6 is 62.0 Å². The first-order chi connectivity index (χ1) is 12.8. The maximum Gasteiger partial charge on any atom is 0.651 e. The molecule has 0 aromatic heterocycles. The number of alkyl halides is 4. The fourth-order valence-corrected chi connectivity index (χ4v) is 7.91. The highest BCUT2D eigenvalue weighted by Crippen LogP contribution is 2.80. The van der Waals surface area contributed by atoms with Gasteiger partial charge in [-0.3, -0.25) is 0 Å². The van der Waals surface area contributed by atoms with Crippen molar-refractivity contribution in [1.29, 1.82) is 0 Å². The predicted molar refractivity (Wildman–Crippen MR) is 94.5 cm³/mol. The van der Waals surface area contributed by atoms with E-state index in [9.17, 15) is 9.13 Å². The fourth-order valence-electron chi connectivity index (χ4n) is 3.95. The van der Waals surface area contributed by atoms with Crippen molar-refractivity contribution < 1.29 is 41.3 Å². The normalized spacial score (nSPS) is 38.4. The predicted octanol–water partition coefficient (Wildman–Crippen LogP) is 5.00. The van der Waals surface area contributed by atoms with E-state index in [1.807, 2.05) is 0 Å². The van der Waals surface area contributed by atoms with E-state index in [2.05, 4.69) is 0 Å². The van der Waals surface area contributed by atoms with Gasteiger partial charge >= 0.3 is 21.6 Å². The van der Waals surface area contributed by atoms with Crippen molar-refractivity contribution in [3.8, 4) is 0 Å². The van der Waals surface area contributed by atoms with Crippen LogP contribution in [0.25, 0.3) is 0 Å². The lowest BCUT2D eigenvalue weighted by molar-refractivity contribution is -0.482. The third-order valence-corrected chi connectivity index (χ3v) is 8.45. The molecule has 4 saturated heterocycles. The van der Waals surface area contributed by atoms with Crippen molar-refractivity contribution in [3.63, 3.8) is 0 Å². The molecule has 0 aliphatic carbocycles. The minimum atomic E-state index is -3.88. The van der Waals surface area contributed by atoms with Crippen LogP contribution in [0, 0.1) is 5.41 Å². The number of phosphoric ester groups is 2. The van der Waals surface area contributed by atoms with E-state index in [4.69, 9.17) is 78.6 Å². The third kappa shape index (κ3) is 2.67. The Hall–Kier alpha value is 0.600. The minimum Gasteiger partial charge on any atom is -0.382 e. The van der Waals surface area contributed by atoms with E-state index < -0.39 is 32.4 Å². The molecule has 9 nitrogen and oxygen atoms in total. The molecular formula is C12H14Cl4O9P2. The van der Waals surface area contributed by atoms with Crippen LogP contribution < -0.4 is 0 Å². The minimum absolute atomic E-state index is 0.0489. The molecule has 0 aromatic rings. The lowest BCUT2D eigenvalue weighted by Crippen LogP contribution is -2.74. The summed E-state index contributed by atoms with van der Waals surface area (Å²) < 4.78 is 55.9. The Morgan fingerprint density at radius 2 is 1.52 bits per heavy atom. The quantitative estimate of drug-likeness (QED) is 0.243. The number of halogens is 4. The molecule has 6 aliphatic rings. The smallest absolute Gasteiger partial charge is 0.382 e. The number of fused-ring (bicyclic) bond motifs is 3. The Bertz CT molecular complexity index is 748. The Morgan fingerprint density at radius 3 is 1.96 bits per heavy atom. The van der Waals surface area contributed by atoms with Gasteiger partial charge in [-0.15, -0.1) is 51.1 Å². The molecule has 15 heteroatoms. The summed E-state index contributed by atoms with van der Waals surface area (Å²) in [4.78, 5) is 5.63. The zero-order valence-corrected chi connectivity index (χ0v) is 18.3. The van der Waals surface area contributed by atoms with Crippen molar-refractivity contribution in [2.75, 3.05) is 23.5 Å². The van der Waals surface area contributed by atoms with Crippen LogP contribution in [-0.4, -0.2) is 34.9 Å². The molecule has 0 radical (unpaired) electrons. The molecule has 4 bridgehead atoms. The molecule has 4 fully saturated rings. The van der Waals surface area contributed by atoms with Crippen molar-refractivity contribution >= 4 is 62.0 Å². The van der Waals surface area contributed by atoms with Crippen molar-refractivity contribution in [3.05, 3.63) is 11.7 Å². The van der Waals surface area contributed by atoms with E-state index in [-0.39, 0.29) is 54.5 Å². The summed E-state index contributed by atoms with van der Waals surface area (Å²) in [6.07, 6.45) is 0.394. The van der Waals surface area contributed by atoms with Gasteiger partial charge in [-0.1, -0.05) is 0 Å². The summed E-state index contributed by atoms with van der Waals surface area (Å²) in [6, 6.07) is 0. The van der Waals surface area contributed by atoms with E-state index in [0.29, 0.717) is 0 Å². The summed E-state index contributed by atoms with van der Waals surface area (Å²) in [7, 11) is -7.59. The highest BCUT2D eigenvalue weighted by molar-refractivity contribution is 7.50. The van der Waals surface area contributed by atoms with Gasteiger partial charge < -0.3 is 13.6 Å². The maximum absolute atomic E-state index is 12.2. The first kappa shape index (κ1) is 20.9. The van der Waals surface area contributed by atoms with Crippen LogP contribution in [0.5, 0.6) is 0 Å². The highest BCUT2D eigenvalue weighted by Gasteiger charge is 2.82. The monoisotopic (exact) mass is 504 g/mol. The molecule has 0 saturated carbocycles. The molecule has 6 heterocycles. The second kappa shape index (κ2) is 6.81. The molecule has 27 heavy (non-hydrogen) atoms. The average Bonchev–Trinajstić information content (AvgIpc) is 3.09. The maximum atomic E-state index is 12.2. The Labute approximate surface area is 174 Å². The molecule has 0 aromatic carbocycles. The van der Waals surface area contributed by atoms with E-state index in [0.717, 1.165) is 0 Å². The molecule has 1 atom stereocenters. The summed E-state index contributed by atoms with van der Waals surface area (Å²) in [6.45, 7) is 0. The molecule has 6 rings (SSSR count). The lowest BCUT2D eigenvalue weighted by Gasteiger charge is -2.63. The largest absolute Gasteiger partial charge is 0.651 e. The number of hydrogen-bond acceptors (Lipinski definition) is 9. The average molecular weight is 506 g/mol. The Morgan fingerprint density at radius 1 is 0.889 bits per heavy atom. The fraction of sp³-hybridized carbons (Fsp3) is 0.833. The summed E-state index contributed by atoms with van der Waals surface area (Å²) in [5.74, 6) is -1.72. The van der Waals surface area contributed by atoms with Gasteiger partial charge in [0.1, 0.15) is 0 Å². The SMILES string of the molecule is O=P12OC(=C(C(CCCl)(CCCl)C3(CCCl)OOP4(=O)OC3(CCl)O4)O1)O2. The topological polar surface area (TPSA) is 98.8 Å². The molecular weight excluding hydrogens is 492 g/mol. The van der Waals surface area contributed by atoms with Gasteiger partial charge in [0.05, 0.1) is 11.3 Å². The van der Waals surface area contributed by atoms with Gasteiger partial charge in [-0.25, -0.2) is 18.5 Å². The van der Waals surface area contributed by atoms with E-state index in [1.165, 1.54) is 0 Å². The summed E-state index contributed by atoms with van der Waals surface area (Å²) in [5.41, 5.74) is -2.86.